The molecule has 32 heavy (non-hydrogen) atoms. The van der Waals surface area contributed by atoms with E-state index in [2.05, 4.69) is 0 Å². The van der Waals surface area contributed by atoms with Gasteiger partial charge in [0.25, 0.3) is 0 Å². The van der Waals surface area contributed by atoms with E-state index < -0.39 is 0 Å². The zero-order chi connectivity index (χ0) is 22.5. The molecule has 0 bridgehead atoms. The Bertz CT molecular complexity index is 1290. The first-order valence-electron chi connectivity index (χ1n) is 10.3. The van der Waals surface area contributed by atoms with Crippen molar-refractivity contribution in [2.45, 2.75) is 6.92 Å². The summed E-state index contributed by atoms with van der Waals surface area (Å²) in [5.74, 6) is 3.48. The maximum Gasteiger partial charge on any atom is 0.161 e. The van der Waals surface area contributed by atoms with Crippen LogP contribution in [0.5, 0.6) is 23.0 Å². The molecule has 4 aromatic rings. The van der Waals surface area contributed by atoms with E-state index in [1.165, 1.54) is 0 Å². The van der Waals surface area contributed by atoms with Gasteiger partial charge in [0.05, 0.1) is 39.0 Å². The van der Waals surface area contributed by atoms with Crippen LogP contribution in [-0.4, -0.2) is 27.9 Å². The first-order valence-corrected chi connectivity index (χ1v) is 10.3. The third kappa shape index (κ3) is 4.39. The maximum absolute atomic E-state index is 6.22. The molecule has 6 heteroatoms. The highest BCUT2D eigenvalue weighted by molar-refractivity contribution is 5.80. The van der Waals surface area contributed by atoms with Crippen molar-refractivity contribution in [3.63, 3.8) is 0 Å². The Morgan fingerprint density at radius 3 is 2.19 bits per heavy atom. The molecule has 6 nitrogen and oxygen atoms in total. The van der Waals surface area contributed by atoms with Crippen LogP contribution in [-0.2, 0) is 0 Å². The number of fused-ring (bicyclic) bond motifs is 1. The molecule has 0 aliphatic heterocycles. The lowest BCUT2D eigenvalue weighted by Gasteiger charge is -2.10. The second-order valence-corrected chi connectivity index (χ2v) is 6.97. The molecule has 0 N–H and O–H groups in total. The van der Waals surface area contributed by atoms with Crippen molar-refractivity contribution in [3.05, 3.63) is 72.1 Å². The number of ether oxygens (including phenoxy) is 4. The Hall–Kier alpha value is -3.93. The number of nitrogens with zero attached hydrogens (tertiary/aromatic N) is 1. The molecular weight excluding hydrogens is 406 g/mol. The van der Waals surface area contributed by atoms with Gasteiger partial charge in [-0.3, -0.25) is 0 Å². The smallest absolute Gasteiger partial charge is 0.161 e. The number of hydrogen-bond acceptors (Lipinski definition) is 6. The molecule has 1 aromatic heterocycles. The lowest BCUT2D eigenvalue weighted by atomic mass is 10.1. The summed E-state index contributed by atoms with van der Waals surface area (Å²) in [4.78, 5) is 4.88. The van der Waals surface area contributed by atoms with E-state index in [4.69, 9.17) is 28.4 Å². The first-order chi connectivity index (χ1) is 15.6. The highest BCUT2D eigenvalue weighted by atomic mass is 16.5. The molecule has 3 aromatic carbocycles. The summed E-state index contributed by atoms with van der Waals surface area (Å²) in [6.45, 7) is 2.58. The minimum atomic E-state index is 0.621. The van der Waals surface area contributed by atoms with Crippen LogP contribution in [0.4, 0.5) is 5.69 Å². The van der Waals surface area contributed by atoms with Gasteiger partial charge in [0.1, 0.15) is 22.8 Å². The molecule has 0 spiro atoms. The van der Waals surface area contributed by atoms with Crippen LogP contribution in [0.15, 0.2) is 76.1 Å². The van der Waals surface area contributed by atoms with E-state index in [-0.39, 0.29) is 0 Å². The van der Waals surface area contributed by atoms with Gasteiger partial charge in [0, 0.05) is 17.0 Å². The molecule has 4 rings (SSSR count). The van der Waals surface area contributed by atoms with E-state index in [0.29, 0.717) is 29.4 Å². The summed E-state index contributed by atoms with van der Waals surface area (Å²) in [5, 5.41) is 1.61. The summed E-state index contributed by atoms with van der Waals surface area (Å²) in [5.41, 5.74) is 2.35. The van der Waals surface area contributed by atoms with Gasteiger partial charge in [-0.1, -0.05) is 0 Å². The Morgan fingerprint density at radius 1 is 0.750 bits per heavy atom. The minimum Gasteiger partial charge on any atom is -0.497 e. The van der Waals surface area contributed by atoms with Crippen molar-refractivity contribution in [1.29, 1.82) is 0 Å². The standard InChI is InChI=1S/C26H25NO5/c1-5-31-19-9-7-18(8-10-19)27-22-16-25(17-6-12-24(29-3)26(14-17)30-4)32-23-13-11-20(28-2)15-21(22)23/h6-16H,5H2,1-4H3. The molecule has 0 unspecified atom stereocenters. The van der Waals surface area contributed by atoms with Gasteiger partial charge < -0.3 is 23.4 Å². The predicted octanol–water partition coefficient (Wildman–Crippen LogP) is 5.76. The highest BCUT2D eigenvalue weighted by Gasteiger charge is 2.11. The van der Waals surface area contributed by atoms with Gasteiger partial charge in [-0.05, 0) is 67.6 Å². The fourth-order valence-electron chi connectivity index (χ4n) is 3.42. The van der Waals surface area contributed by atoms with Crippen LogP contribution in [0.2, 0.25) is 0 Å². The second kappa shape index (κ2) is 9.47. The fourth-order valence-corrected chi connectivity index (χ4v) is 3.42. The van der Waals surface area contributed by atoms with Crippen molar-refractivity contribution in [2.75, 3.05) is 27.9 Å². The maximum atomic E-state index is 6.22. The molecule has 164 valence electrons. The quantitative estimate of drug-likeness (QED) is 0.372. The van der Waals surface area contributed by atoms with Gasteiger partial charge in [-0.15, -0.1) is 0 Å². The van der Waals surface area contributed by atoms with Gasteiger partial charge in [0.2, 0.25) is 0 Å². The largest absolute Gasteiger partial charge is 0.497 e. The van der Waals surface area contributed by atoms with Crippen molar-refractivity contribution >= 4 is 16.7 Å². The molecule has 0 aliphatic carbocycles. The van der Waals surface area contributed by atoms with Crippen LogP contribution in [0.3, 0.4) is 0 Å². The monoisotopic (exact) mass is 431 g/mol. The molecule has 0 saturated heterocycles. The summed E-state index contributed by atoms with van der Waals surface area (Å²) < 4.78 is 28.0. The van der Waals surface area contributed by atoms with E-state index in [0.717, 1.165) is 33.5 Å². The zero-order valence-corrected chi connectivity index (χ0v) is 18.5. The molecule has 0 aliphatic rings. The number of methoxy groups -OCH3 is 3. The van der Waals surface area contributed by atoms with Gasteiger partial charge >= 0.3 is 0 Å². The topological polar surface area (TPSA) is 62.4 Å². The van der Waals surface area contributed by atoms with Crippen LogP contribution in [0.1, 0.15) is 6.92 Å². The number of rotatable bonds is 7. The summed E-state index contributed by atoms with van der Waals surface area (Å²) in [7, 11) is 4.86. The van der Waals surface area contributed by atoms with Gasteiger partial charge in [-0.2, -0.15) is 0 Å². The van der Waals surface area contributed by atoms with E-state index >= 15 is 0 Å². The van der Waals surface area contributed by atoms with E-state index in [1.54, 1.807) is 21.3 Å². The third-order valence-corrected chi connectivity index (χ3v) is 5.02. The SMILES string of the molecule is CCOc1ccc(N=c2cc(-c3ccc(OC)c(OC)c3)oc3ccc(OC)cc23)cc1. The van der Waals surface area contributed by atoms with Gasteiger partial charge in [0.15, 0.2) is 11.5 Å². The van der Waals surface area contributed by atoms with E-state index in [1.807, 2.05) is 73.7 Å². The molecule has 1 heterocycles. The first kappa shape index (κ1) is 21.3. The predicted molar refractivity (Wildman–Crippen MR) is 124 cm³/mol. The van der Waals surface area contributed by atoms with Crippen molar-refractivity contribution in [1.82, 2.24) is 0 Å². The molecule has 0 radical (unpaired) electrons. The van der Waals surface area contributed by atoms with E-state index in [9.17, 15) is 0 Å². The zero-order valence-electron chi connectivity index (χ0n) is 18.5. The normalized spacial score (nSPS) is 11.4. The third-order valence-electron chi connectivity index (χ3n) is 5.02. The average Bonchev–Trinajstić information content (AvgIpc) is 2.84. The van der Waals surface area contributed by atoms with Gasteiger partial charge in [-0.25, -0.2) is 4.99 Å². The Kier molecular flexibility index (Phi) is 6.31. The fraction of sp³-hybridized carbons (Fsp3) is 0.192. The molecule has 0 fully saturated rings. The van der Waals surface area contributed by atoms with Crippen molar-refractivity contribution in [2.24, 2.45) is 4.99 Å². The highest BCUT2D eigenvalue weighted by Crippen LogP contribution is 2.33. The van der Waals surface area contributed by atoms with Crippen LogP contribution >= 0.6 is 0 Å². The van der Waals surface area contributed by atoms with Crippen LogP contribution in [0.25, 0.3) is 22.3 Å². The minimum absolute atomic E-state index is 0.621. The number of benzene rings is 3. The Labute approximate surface area is 186 Å². The number of hydrogen-bond donors (Lipinski definition) is 0. The molecule has 0 atom stereocenters. The summed E-state index contributed by atoms with van der Waals surface area (Å²) in [6.07, 6.45) is 0. The summed E-state index contributed by atoms with van der Waals surface area (Å²) >= 11 is 0. The Morgan fingerprint density at radius 2 is 1.50 bits per heavy atom. The second-order valence-electron chi connectivity index (χ2n) is 6.97. The lowest BCUT2D eigenvalue weighted by Crippen LogP contribution is -2.04. The summed E-state index contributed by atoms with van der Waals surface area (Å²) in [6, 6.07) is 20.9. The molecule has 0 amide bonds. The average molecular weight is 431 g/mol. The van der Waals surface area contributed by atoms with Crippen molar-refractivity contribution < 1.29 is 23.4 Å². The molecule has 0 saturated carbocycles. The van der Waals surface area contributed by atoms with Crippen molar-refractivity contribution in [3.8, 4) is 34.3 Å². The van der Waals surface area contributed by atoms with Crippen LogP contribution in [0, 0.1) is 0 Å². The lowest BCUT2D eigenvalue weighted by molar-refractivity contribution is 0.340. The molecular formula is C26H25NO5. The van der Waals surface area contributed by atoms with Crippen LogP contribution < -0.4 is 24.3 Å². The Balaban J connectivity index is 1.90.